The Balaban J connectivity index is 3.71. The van der Waals surface area contributed by atoms with E-state index in [1.165, 1.54) is 0 Å². The Morgan fingerprint density at radius 2 is 1.73 bits per heavy atom. The quantitative estimate of drug-likeness (QED) is 0.702. The molecule has 1 unspecified atom stereocenters. The highest BCUT2D eigenvalue weighted by atomic mass is 16.2. The number of hydrogen-bond donors (Lipinski definition) is 1. The Morgan fingerprint density at radius 3 is 2.13 bits per heavy atom. The van der Waals surface area contributed by atoms with Crippen molar-refractivity contribution in [3.8, 4) is 0 Å². The van der Waals surface area contributed by atoms with E-state index in [1.54, 1.807) is 0 Å². The first-order valence-electron chi connectivity index (χ1n) is 6.04. The second-order valence-corrected chi connectivity index (χ2v) is 4.30. The topological polar surface area (TPSA) is 32.3 Å². The molecule has 1 amide bonds. The Kier molecular flexibility index (Phi) is 7.39. The molecule has 0 saturated carbocycles. The first-order valence-corrected chi connectivity index (χ1v) is 6.04. The Labute approximate surface area is 94.2 Å². The van der Waals surface area contributed by atoms with Gasteiger partial charge >= 0.3 is 0 Å². The van der Waals surface area contributed by atoms with Gasteiger partial charge in [0, 0.05) is 32.1 Å². The van der Waals surface area contributed by atoms with Crippen LogP contribution in [0.4, 0.5) is 0 Å². The first-order chi connectivity index (χ1) is 7.02. The molecule has 0 rings (SSSR count). The van der Waals surface area contributed by atoms with Crippen LogP contribution in [0.25, 0.3) is 0 Å². The molecule has 0 bridgehead atoms. The molecule has 0 aliphatic heterocycles. The fourth-order valence-corrected chi connectivity index (χ4v) is 1.38. The summed E-state index contributed by atoms with van der Waals surface area (Å²) in [4.78, 5) is 13.5. The van der Waals surface area contributed by atoms with Gasteiger partial charge in [-0.1, -0.05) is 13.8 Å². The third-order valence-corrected chi connectivity index (χ3v) is 2.92. The van der Waals surface area contributed by atoms with Gasteiger partial charge in [-0.15, -0.1) is 0 Å². The third-order valence-electron chi connectivity index (χ3n) is 2.92. The second kappa shape index (κ2) is 7.69. The van der Waals surface area contributed by atoms with Crippen molar-refractivity contribution >= 4 is 5.91 Å². The molecule has 15 heavy (non-hydrogen) atoms. The summed E-state index contributed by atoms with van der Waals surface area (Å²) in [6, 6.07) is 0.481. The third kappa shape index (κ3) is 5.78. The smallest absolute Gasteiger partial charge is 0.223 e. The van der Waals surface area contributed by atoms with Gasteiger partial charge in [-0.05, 0) is 26.7 Å². The van der Waals surface area contributed by atoms with Crippen molar-refractivity contribution < 1.29 is 4.79 Å². The zero-order chi connectivity index (χ0) is 11.8. The standard InChI is InChI=1S/C12H26N2O/c1-6-14(7-2)12(15)8-9-13-11(5)10(3)4/h10-11,13H,6-9H2,1-5H3. The predicted molar refractivity (Wildman–Crippen MR) is 64.8 cm³/mol. The molecule has 1 atom stereocenters. The van der Waals surface area contributed by atoms with E-state index in [-0.39, 0.29) is 5.91 Å². The van der Waals surface area contributed by atoms with E-state index in [2.05, 4.69) is 26.1 Å². The number of carbonyl (C=O) groups is 1. The minimum Gasteiger partial charge on any atom is -0.343 e. The van der Waals surface area contributed by atoms with E-state index in [1.807, 2.05) is 18.7 Å². The molecule has 3 nitrogen and oxygen atoms in total. The van der Waals surface area contributed by atoms with Gasteiger partial charge in [0.1, 0.15) is 0 Å². The molecule has 0 radical (unpaired) electrons. The number of hydrogen-bond acceptors (Lipinski definition) is 2. The highest BCUT2D eigenvalue weighted by Crippen LogP contribution is 2.00. The van der Waals surface area contributed by atoms with Crippen LogP contribution < -0.4 is 5.32 Å². The van der Waals surface area contributed by atoms with Crippen LogP contribution in [0.1, 0.15) is 41.0 Å². The number of nitrogens with one attached hydrogen (secondary N) is 1. The van der Waals surface area contributed by atoms with Gasteiger partial charge in [0.25, 0.3) is 0 Å². The fourth-order valence-electron chi connectivity index (χ4n) is 1.38. The first kappa shape index (κ1) is 14.4. The average molecular weight is 214 g/mol. The minimum atomic E-state index is 0.253. The Bertz CT molecular complexity index is 176. The lowest BCUT2D eigenvalue weighted by atomic mass is 10.1. The fraction of sp³-hybridized carbons (Fsp3) is 0.917. The molecule has 0 aromatic rings. The number of nitrogens with zero attached hydrogens (tertiary/aromatic N) is 1. The van der Waals surface area contributed by atoms with Crippen molar-refractivity contribution in [2.75, 3.05) is 19.6 Å². The summed E-state index contributed by atoms with van der Waals surface area (Å²) in [7, 11) is 0. The average Bonchev–Trinajstić information content (AvgIpc) is 2.19. The molecule has 90 valence electrons. The maximum Gasteiger partial charge on any atom is 0.223 e. The van der Waals surface area contributed by atoms with Crippen molar-refractivity contribution in [3.05, 3.63) is 0 Å². The second-order valence-electron chi connectivity index (χ2n) is 4.30. The van der Waals surface area contributed by atoms with Crippen LogP contribution in [-0.4, -0.2) is 36.5 Å². The van der Waals surface area contributed by atoms with E-state index in [0.717, 1.165) is 19.6 Å². The summed E-state index contributed by atoms with van der Waals surface area (Å²) in [5.41, 5.74) is 0. The summed E-state index contributed by atoms with van der Waals surface area (Å²) >= 11 is 0. The van der Waals surface area contributed by atoms with Crippen LogP contribution in [0.2, 0.25) is 0 Å². The Hall–Kier alpha value is -0.570. The molecule has 0 saturated heterocycles. The van der Waals surface area contributed by atoms with Crippen molar-refractivity contribution in [3.63, 3.8) is 0 Å². The summed E-state index contributed by atoms with van der Waals surface area (Å²) < 4.78 is 0. The van der Waals surface area contributed by atoms with Crippen molar-refractivity contribution in [1.29, 1.82) is 0 Å². The SMILES string of the molecule is CCN(CC)C(=O)CCNC(C)C(C)C. The number of rotatable bonds is 7. The lowest BCUT2D eigenvalue weighted by Crippen LogP contribution is -2.36. The molecule has 0 aromatic carbocycles. The molecule has 0 aliphatic rings. The van der Waals surface area contributed by atoms with E-state index < -0.39 is 0 Å². The largest absolute Gasteiger partial charge is 0.343 e. The molecule has 0 fully saturated rings. The monoisotopic (exact) mass is 214 g/mol. The van der Waals surface area contributed by atoms with Crippen LogP contribution in [0, 0.1) is 5.92 Å². The minimum absolute atomic E-state index is 0.253. The lowest BCUT2D eigenvalue weighted by molar-refractivity contribution is -0.130. The molecule has 0 aromatic heterocycles. The van der Waals surface area contributed by atoms with Crippen LogP contribution in [0.3, 0.4) is 0 Å². The summed E-state index contributed by atoms with van der Waals surface area (Å²) in [5.74, 6) is 0.872. The molecule has 0 spiro atoms. The van der Waals surface area contributed by atoms with Gasteiger partial charge in [-0.3, -0.25) is 4.79 Å². The molecule has 0 heterocycles. The van der Waals surface area contributed by atoms with Gasteiger partial charge in [-0.25, -0.2) is 0 Å². The van der Waals surface area contributed by atoms with Crippen LogP contribution in [0.15, 0.2) is 0 Å². The van der Waals surface area contributed by atoms with E-state index >= 15 is 0 Å². The van der Waals surface area contributed by atoms with Gasteiger partial charge < -0.3 is 10.2 Å². The molecular formula is C12H26N2O. The maximum atomic E-state index is 11.6. The zero-order valence-corrected chi connectivity index (χ0v) is 10.8. The normalized spacial score (nSPS) is 12.9. The van der Waals surface area contributed by atoms with Gasteiger partial charge in [0.2, 0.25) is 5.91 Å². The van der Waals surface area contributed by atoms with Crippen LogP contribution >= 0.6 is 0 Å². The summed E-state index contributed by atoms with van der Waals surface area (Å²) in [6.07, 6.45) is 0.610. The van der Waals surface area contributed by atoms with Gasteiger partial charge in [0.05, 0.1) is 0 Å². The van der Waals surface area contributed by atoms with E-state index in [4.69, 9.17) is 0 Å². The Morgan fingerprint density at radius 1 is 1.20 bits per heavy atom. The van der Waals surface area contributed by atoms with Gasteiger partial charge in [-0.2, -0.15) is 0 Å². The molecule has 3 heteroatoms. The van der Waals surface area contributed by atoms with Crippen molar-refractivity contribution in [1.82, 2.24) is 10.2 Å². The highest BCUT2D eigenvalue weighted by Gasteiger charge is 2.10. The number of amides is 1. The zero-order valence-electron chi connectivity index (χ0n) is 10.8. The van der Waals surface area contributed by atoms with E-state index in [0.29, 0.717) is 18.4 Å². The van der Waals surface area contributed by atoms with E-state index in [9.17, 15) is 4.79 Å². The molecular weight excluding hydrogens is 188 g/mol. The highest BCUT2D eigenvalue weighted by molar-refractivity contribution is 5.76. The van der Waals surface area contributed by atoms with Crippen LogP contribution in [0.5, 0.6) is 0 Å². The summed E-state index contributed by atoms with van der Waals surface area (Å²) in [6.45, 7) is 13.0. The maximum absolute atomic E-state index is 11.6. The predicted octanol–water partition coefficient (Wildman–Crippen LogP) is 1.88. The van der Waals surface area contributed by atoms with Crippen molar-refractivity contribution in [2.24, 2.45) is 5.92 Å². The van der Waals surface area contributed by atoms with Crippen molar-refractivity contribution in [2.45, 2.75) is 47.1 Å². The molecule has 0 aliphatic carbocycles. The number of carbonyl (C=O) groups excluding carboxylic acids is 1. The van der Waals surface area contributed by atoms with Crippen LogP contribution in [-0.2, 0) is 4.79 Å². The summed E-state index contributed by atoms with van der Waals surface area (Å²) in [5, 5.41) is 3.37. The lowest BCUT2D eigenvalue weighted by Gasteiger charge is -2.21. The van der Waals surface area contributed by atoms with Gasteiger partial charge in [0.15, 0.2) is 0 Å². The molecule has 1 N–H and O–H groups in total.